The third kappa shape index (κ3) is 4.55. The minimum absolute atomic E-state index is 0. The van der Waals surface area contributed by atoms with Crippen LogP contribution in [0.3, 0.4) is 0 Å². The topological polar surface area (TPSA) is 12.5 Å². The van der Waals surface area contributed by atoms with Gasteiger partial charge in [-0.05, 0) is 0 Å². The van der Waals surface area contributed by atoms with Crippen molar-refractivity contribution in [2.24, 2.45) is 0 Å². The number of amidine groups is 2. The molecular formula is C10H24N4S. The Labute approximate surface area is 101 Å². The van der Waals surface area contributed by atoms with Crippen LogP contribution in [-0.4, -0.2) is 87.0 Å². The molecule has 0 bridgehead atoms. The predicted molar refractivity (Wildman–Crippen MR) is 69.0 cm³/mol. The molecule has 0 rings (SSSR count). The fourth-order valence-corrected chi connectivity index (χ4v) is 1.60. The first-order chi connectivity index (χ1) is 6.29. The monoisotopic (exact) mass is 232 g/mol. The Bertz CT molecular complexity index is 231. The highest BCUT2D eigenvalue weighted by molar-refractivity contribution is 7.37. The number of rotatable bonds is 0. The minimum Gasteiger partial charge on any atom is -2.00 e. The first kappa shape index (κ1) is 16.7. The van der Waals surface area contributed by atoms with E-state index in [1.807, 2.05) is 0 Å². The van der Waals surface area contributed by atoms with E-state index in [0.717, 1.165) is 0 Å². The van der Waals surface area contributed by atoms with E-state index >= 15 is 0 Å². The lowest BCUT2D eigenvalue weighted by Gasteiger charge is -2.15. The van der Waals surface area contributed by atoms with Crippen LogP contribution in [0.15, 0.2) is 0 Å². The maximum atomic E-state index is 2.12. The molecule has 0 aliphatic rings. The zero-order valence-corrected chi connectivity index (χ0v) is 12.0. The van der Waals surface area contributed by atoms with Crippen LogP contribution in [0, 0.1) is 0 Å². The van der Waals surface area contributed by atoms with Crippen molar-refractivity contribution in [2.75, 3.05) is 56.4 Å². The molecule has 0 aromatic heterocycles. The third-order valence-electron chi connectivity index (χ3n) is 1.89. The van der Waals surface area contributed by atoms with E-state index in [-0.39, 0.29) is 13.5 Å². The average Bonchev–Trinajstić information content (AvgIpc) is 1.96. The maximum Gasteiger partial charge on any atom is 0.361 e. The molecule has 0 spiro atoms. The zero-order valence-electron chi connectivity index (χ0n) is 11.2. The highest BCUT2D eigenvalue weighted by Crippen LogP contribution is 1.91. The molecular weight excluding hydrogens is 208 g/mol. The molecule has 90 valence electrons. The molecule has 0 aromatic rings. The molecule has 0 aliphatic carbocycles. The molecule has 0 saturated heterocycles. The van der Waals surface area contributed by atoms with Gasteiger partial charge in [0.2, 0.25) is 0 Å². The lowest BCUT2D eigenvalue weighted by molar-refractivity contribution is -0.485. The Morgan fingerprint density at radius 1 is 0.667 bits per heavy atom. The highest BCUT2D eigenvalue weighted by Gasteiger charge is 2.29. The second kappa shape index (κ2) is 6.71. The fourth-order valence-electron chi connectivity index (χ4n) is 1.60. The SMILES string of the molecule is CN(C)C(C(N(C)C)=[N+](C)C)=[N+](C)C.[S-2]. The van der Waals surface area contributed by atoms with E-state index < -0.39 is 0 Å². The van der Waals surface area contributed by atoms with Crippen molar-refractivity contribution in [1.82, 2.24) is 9.80 Å². The van der Waals surface area contributed by atoms with Gasteiger partial charge in [0, 0.05) is 0 Å². The van der Waals surface area contributed by atoms with Gasteiger partial charge in [0.25, 0.3) is 0 Å². The summed E-state index contributed by atoms with van der Waals surface area (Å²) in [6.45, 7) is 0. The lowest BCUT2D eigenvalue weighted by atomic mass is 10.4. The summed E-state index contributed by atoms with van der Waals surface area (Å²) in [5, 5.41) is 0. The summed E-state index contributed by atoms with van der Waals surface area (Å²) in [5.74, 6) is 2.39. The van der Waals surface area contributed by atoms with E-state index in [9.17, 15) is 0 Å². The summed E-state index contributed by atoms with van der Waals surface area (Å²) >= 11 is 0. The van der Waals surface area contributed by atoms with E-state index in [1.165, 1.54) is 11.7 Å². The molecule has 0 fully saturated rings. The fraction of sp³-hybridized carbons (Fsp3) is 0.800. The first-order valence-electron chi connectivity index (χ1n) is 4.72. The van der Waals surface area contributed by atoms with Gasteiger partial charge in [-0.25, -0.2) is 0 Å². The van der Waals surface area contributed by atoms with Crippen molar-refractivity contribution in [3.63, 3.8) is 0 Å². The minimum atomic E-state index is 0. The number of hydrogen-bond acceptors (Lipinski definition) is 0. The molecule has 5 heteroatoms. The van der Waals surface area contributed by atoms with Crippen LogP contribution in [-0.2, 0) is 13.5 Å². The summed E-state index contributed by atoms with van der Waals surface area (Å²) in [6.07, 6.45) is 0. The normalized spacial score (nSPS) is 8.80. The lowest BCUT2D eigenvalue weighted by Crippen LogP contribution is -2.47. The van der Waals surface area contributed by atoms with Crippen molar-refractivity contribution < 1.29 is 9.15 Å². The third-order valence-corrected chi connectivity index (χ3v) is 1.89. The van der Waals surface area contributed by atoms with Crippen LogP contribution < -0.4 is 0 Å². The second-order valence-corrected chi connectivity index (χ2v) is 4.22. The summed E-state index contributed by atoms with van der Waals surface area (Å²) in [7, 11) is 16.5. The molecule has 15 heavy (non-hydrogen) atoms. The van der Waals surface area contributed by atoms with E-state index in [1.54, 1.807) is 0 Å². The smallest absolute Gasteiger partial charge is 0.361 e. The Kier molecular flexibility index (Phi) is 7.48. The Hall–Kier alpha value is -0.710. The van der Waals surface area contributed by atoms with Crippen LogP contribution in [0.5, 0.6) is 0 Å². The molecule has 0 aliphatic heterocycles. The largest absolute Gasteiger partial charge is 2.00 e. The molecule has 0 aromatic carbocycles. The van der Waals surface area contributed by atoms with E-state index in [0.29, 0.717) is 0 Å². The summed E-state index contributed by atoms with van der Waals surface area (Å²) in [5.41, 5.74) is 0. The summed E-state index contributed by atoms with van der Waals surface area (Å²) < 4.78 is 4.24. The second-order valence-electron chi connectivity index (χ2n) is 4.22. The van der Waals surface area contributed by atoms with Gasteiger partial charge in [0.1, 0.15) is 0 Å². The van der Waals surface area contributed by atoms with Crippen LogP contribution in [0.4, 0.5) is 0 Å². The maximum absolute atomic E-state index is 2.12. The molecule has 0 heterocycles. The standard InChI is InChI=1S/C10H24N4.S/c1-11(2)9(12(3)4)10(13(5)6)14(7)8;/h1-8H3;/q+2;-2. The van der Waals surface area contributed by atoms with Crippen molar-refractivity contribution in [3.8, 4) is 0 Å². The molecule has 0 saturated carbocycles. The molecule has 0 N–H and O–H groups in total. The van der Waals surface area contributed by atoms with Gasteiger partial charge in [-0.15, -0.1) is 0 Å². The van der Waals surface area contributed by atoms with Gasteiger partial charge in [0.15, 0.2) is 0 Å². The average molecular weight is 232 g/mol. The number of nitrogens with zero attached hydrogens (tertiary/aromatic N) is 4. The summed E-state index contributed by atoms with van der Waals surface area (Å²) in [4.78, 5) is 4.24. The summed E-state index contributed by atoms with van der Waals surface area (Å²) in [6, 6.07) is 0. The first-order valence-corrected chi connectivity index (χ1v) is 4.72. The van der Waals surface area contributed by atoms with Gasteiger partial charge in [-0.3, -0.25) is 19.0 Å². The van der Waals surface area contributed by atoms with Crippen LogP contribution >= 0.6 is 0 Å². The van der Waals surface area contributed by atoms with Crippen molar-refractivity contribution in [3.05, 3.63) is 0 Å². The Balaban J connectivity index is 0. The Morgan fingerprint density at radius 2 is 0.867 bits per heavy atom. The van der Waals surface area contributed by atoms with Crippen LogP contribution in [0.25, 0.3) is 0 Å². The number of hydrogen-bond donors (Lipinski definition) is 0. The van der Waals surface area contributed by atoms with Crippen molar-refractivity contribution in [1.29, 1.82) is 0 Å². The molecule has 4 nitrogen and oxygen atoms in total. The molecule has 0 unspecified atom stereocenters. The predicted octanol–water partition coefficient (Wildman–Crippen LogP) is -0.552. The molecule has 0 atom stereocenters. The zero-order chi connectivity index (χ0) is 11.5. The molecule has 0 amide bonds. The van der Waals surface area contributed by atoms with Crippen LogP contribution in [0.2, 0.25) is 0 Å². The van der Waals surface area contributed by atoms with E-state index in [2.05, 4.69) is 75.3 Å². The van der Waals surface area contributed by atoms with Gasteiger partial charge < -0.3 is 13.5 Å². The Morgan fingerprint density at radius 3 is 0.933 bits per heavy atom. The van der Waals surface area contributed by atoms with Gasteiger partial charge >= 0.3 is 11.7 Å². The van der Waals surface area contributed by atoms with Gasteiger partial charge in [-0.1, -0.05) is 0 Å². The highest BCUT2D eigenvalue weighted by atomic mass is 32.1. The van der Waals surface area contributed by atoms with E-state index in [4.69, 9.17) is 0 Å². The van der Waals surface area contributed by atoms with Crippen molar-refractivity contribution >= 4 is 25.2 Å². The molecule has 0 radical (unpaired) electrons. The van der Waals surface area contributed by atoms with Crippen LogP contribution in [0.1, 0.15) is 0 Å². The quantitative estimate of drug-likeness (QED) is 0.316. The van der Waals surface area contributed by atoms with Gasteiger partial charge in [-0.2, -0.15) is 0 Å². The van der Waals surface area contributed by atoms with Crippen molar-refractivity contribution in [2.45, 2.75) is 0 Å². The van der Waals surface area contributed by atoms with Gasteiger partial charge in [0.05, 0.1) is 56.4 Å². The number of likely N-dealkylation sites (N-methyl/N-ethyl adjacent to an activating group) is 2.